The lowest BCUT2D eigenvalue weighted by atomic mass is 10.0. The predicted octanol–water partition coefficient (Wildman–Crippen LogP) is 2.62. The van der Waals surface area contributed by atoms with Crippen molar-refractivity contribution in [2.24, 2.45) is 5.92 Å². The van der Waals surface area contributed by atoms with E-state index >= 15 is 0 Å². The van der Waals surface area contributed by atoms with E-state index in [0.29, 0.717) is 12.5 Å². The molecular formula is C13H22N2O. The van der Waals surface area contributed by atoms with E-state index in [1.54, 1.807) is 6.07 Å². The molecule has 0 saturated heterocycles. The predicted molar refractivity (Wildman–Crippen MR) is 66.4 cm³/mol. The molecule has 0 atom stereocenters. The molecule has 0 bridgehead atoms. The summed E-state index contributed by atoms with van der Waals surface area (Å²) in [4.78, 5) is 4.31. The summed E-state index contributed by atoms with van der Waals surface area (Å²) in [7, 11) is 0. The van der Waals surface area contributed by atoms with Crippen LogP contribution in [0.3, 0.4) is 0 Å². The Labute approximate surface area is 97.9 Å². The fraction of sp³-hybridized carbons (Fsp3) is 0.615. The summed E-state index contributed by atoms with van der Waals surface area (Å²) in [5.41, 5.74) is 1.68. The second kappa shape index (κ2) is 6.48. The molecule has 0 spiro atoms. The summed E-state index contributed by atoms with van der Waals surface area (Å²) in [6, 6.07) is 3.52. The van der Waals surface area contributed by atoms with E-state index in [4.69, 9.17) is 0 Å². The largest absolute Gasteiger partial charge is 0.506 e. The Hall–Kier alpha value is -1.09. The number of aromatic hydroxyl groups is 1. The number of aryl methyl sites for hydroxylation is 1. The molecule has 2 N–H and O–H groups in total. The molecule has 0 amide bonds. The molecule has 0 aliphatic carbocycles. The Morgan fingerprint density at radius 3 is 2.62 bits per heavy atom. The van der Waals surface area contributed by atoms with E-state index in [0.717, 1.165) is 17.9 Å². The zero-order valence-corrected chi connectivity index (χ0v) is 10.5. The van der Waals surface area contributed by atoms with Gasteiger partial charge in [0.2, 0.25) is 0 Å². The third kappa shape index (κ3) is 3.81. The Bertz CT molecular complexity index is 322. The lowest BCUT2D eigenvalue weighted by Gasteiger charge is -2.13. The monoisotopic (exact) mass is 222 g/mol. The zero-order chi connectivity index (χ0) is 12.0. The first kappa shape index (κ1) is 13.0. The molecule has 0 aliphatic rings. The van der Waals surface area contributed by atoms with E-state index in [1.165, 1.54) is 12.8 Å². The van der Waals surface area contributed by atoms with Gasteiger partial charge in [0.05, 0.1) is 5.69 Å². The summed E-state index contributed by atoms with van der Waals surface area (Å²) in [6.07, 6.45) is 2.38. The number of aromatic nitrogens is 1. The van der Waals surface area contributed by atoms with Gasteiger partial charge in [0.1, 0.15) is 5.75 Å². The standard InChI is InChI=1S/C13H22N2O/c1-4-11(5-2)8-14-9-12-13(16)7-6-10(3)15-12/h6-7,11,14,16H,4-5,8-9H2,1-3H3. The van der Waals surface area contributed by atoms with Gasteiger partial charge < -0.3 is 10.4 Å². The minimum atomic E-state index is 0.280. The van der Waals surface area contributed by atoms with Gasteiger partial charge in [-0.15, -0.1) is 0 Å². The molecule has 1 aromatic rings. The van der Waals surface area contributed by atoms with Crippen molar-refractivity contribution >= 4 is 0 Å². The first-order valence-electron chi connectivity index (χ1n) is 6.03. The molecule has 0 saturated carbocycles. The smallest absolute Gasteiger partial charge is 0.138 e. The van der Waals surface area contributed by atoms with Crippen molar-refractivity contribution in [2.45, 2.75) is 40.2 Å². The van der Waals surface area contributed by atoms with Crippen molar-refractivity contribution in [3.8, 4) is 5.75 Å². The summed E-state index contributed by atoms with van der Waals surface area (Å²) in [6.45, 7) is 7.98. The lowest BCUT2D eigenvalue weighted by molar-refractivity contribution is 0.432. The summed E-state index contributed by atoms with van der Waals surface area (Å²) < 4.78 is 0. The van der Waals surface area contributed by atoms with E-state index < -0.39 is 0 Å². The highest BCUT2D eigenvalue weighted by Gasteiger charge is 2.05. The third-order valence-electron chi connectivity index (χ3n) is 2.97. The van der Waals surface area contributed by atoms with Crippen LogP contribution in [0.4, 0.5) is 0 Å². The van der Waals surface area contributed by atoms with Crippen LogP contribution in [-0.4, -0.2) is 16.6 Å². The normalized spacial score (nSPS) is 11.0. The molecule has 3 nitrogen and oxygen atoms in total. The van der Waals surface area contributed by atoms with Crippen molar-refractivity contribution in [3.63, 3.8) is 0 Å². The van der Waals surface area contributed by atoms with E-state index in [-0.39, 0.29) is 5.75 Å². The van der Waals surface area contributed by atoms with Gasteiger partial charge in [-0.05, 0) is 31.5 Å². The minimum Gasteiger partial charge on any atom is -0.506 e. The molecule has 16 heavy (non-hydrogen) atoms. The quantitative estimate of drug-likeness (QED) is 0.777. The van der Waals surface area contributed by atoms with Crippen LogP contribution in [0.1, 0.15) is 38.1 Å². The van der Waals surface area contributed by atoms with Gasteiger partial charge in [-0.3, -0.25) is 4.98 Å². The maximum atomic E-state index is 9.61. The maximum absolute atomic E-state index is 9.61. The van der Waals surface area contributed by atoms with Gasteiger partial charge in [0.15, 0.2) is 0 Å². The van der Waals surface area contributed by atoms with Crippen LogP contribution in [0.15, 0.2) is 12.1 Å². The van der Waals surface area contributed by atoms with Gasteiger partial charge in [0, 0.05) is 12.2 Å². The number of nitrogens with one attached hydrogen (secondary N) is 1. The van der Waals surface area contributed by atoms with Crippen LogP contribution >= 0.6 is 0 Å². The number of hydrogen-bond acceptors (Lipinski definition) is 3. The van der Waals surface area contributed by atoms with E-state index in [1.807, 2.05) is 13.0 Å². The summed E-state index contributed by atoms with van der Waals surface area (Å²) in [5.74, 6) is 0.995. The van der Waals surface area contributed by atoms with Crippen LogP contribution in [0.2, 0.25) is 0 Å². The molecule has 0 radical (unpaired) electrons. The number of nitrogens with zero attached hydrogens (tertiary/aromatic N) is 1. The van der Waals surface area contributed by atoms with Gasteiger partial charge in [-0.2, -0.15) is 0 Å². The lowest BCUT2D eigenvalue weighted by Crippen LogP contribution is -2.22. The molecule has 3 heteroatoms. The number of rotatable bonds is 6. The molecule has 1 aromatic heterocycles. The van der Waals surface area contributed by atoms with Crippen molar-refractivity contribution in [1.29, 1.82) is 0 Å². The fourth-order valence-corrected chi connectivity index (χ4v) is 1.71. The second-order valence-electron chi connectivity index (χ2n) is 4.23. The zero-order valence-electron chi connectivity index (χ0n) is 10.5. The Kier molecular flexibility index (Phi) is 5.26. The first-order chi connectivity index (χ1) is 7.67. The van der Waals surface area contributed by atoms with Crippen molar-refractivity contribution in [2.75, 3.05) is 6.54 Å². The third-order valence-corrected chi connectivity index (χ3v) is 2.97. The SMILES string of the molecule is CCC(CC)CNCc1nc(C)ccc1O. The molecule has 0 aliphatic heterocycles. The van der Waals surface area contributed by atoms with Crippen LogP contribution in [0.5, 0.6) is 5.75 Å². The highest BCUT2D eigenvalue weighted by atomic mass is 16.3. The highest BCUT2D eigenvalue weighted by Crippen LogP contribution is 2.14. The van der Waals surface area contributed by atoms with Crippen molar-refractivity contribution in [1.82, 2.24) is 10.3 Å². The van der Waals surface area contributed by atoms with Crippen LogP contribution in [0.25, 0.3) is 0 Å². The number of hydrogen-bond donors (Lipinski definition) is 2. The highest BCUT2D eigenvalue weighted by molar-refractivity contribution is 5.27. The van der Waals surface area contributed by atoms with E-state index in [2.05, 4.69) is 24.1 Å². The maximum Gasteiger partial charge on any atom is 0.138 e. The first-order valence-corrected chi connectivity index (χ1v) is 6.03. The topological polar surface area (TPSA) is 45.2 Å². The average molecular weight is 222 g/mol. The minimum absolute atomic E-state index is 0.280. The summed E-state index contributed by atoms with van der Waals surface area (Å²) in [5, 5.41) is 13.0. The van der Waals surface area contributed by atoms with E-state index in [9.17, 15) is 5.11 Å². The Morgan fingerprint density at radius 1 is 1.31 bits per heavy atom. The molecule has 0 fully saturated rings. The molecule has 1 heterocycles. The Morgan fingerprint density at radius 2 is 2.00 bits per heavy atom. The van der Waals surface area contributed by atoms with Crippen molar-refractivity contribution < 1.29 is 5.11 Å². The Balaban J connectivity index is 2.45. The summed E-state index contributed by atoms with van der Waals surface area (Å²) >= 11 is 0. The molecule has 90 valence electrons. The van der Waals surface area contributed by atoms with Gasteiger partial charge in [0.25, 0.3) is 0 Å². The molecule has 1 rings (SSSR count). The molecule has 0 aromatic carbocycles. The van der Waals surface area contributed by atoms with Gasteiger partial charge in [-0.25, -0.2) is 0 Å². The molecule has 0 unspecified atom stereocenters. The van der Waals surface area contributed by atoms with Crippen LogP contribution in [0, 0.1) is 12.8 Å². The molecular weight excluding hydrogens is 200 g/mol. The van der Waals surface area contributed by atoms with Gasteiger partial charge >= 0.3 is 0 Å². The van der Waals surface area contributed by atoms with Crippen LogP contribution < -0.4 is 5.32 Å². The van der Waals surface area contributed by atoms with Crippen molar-refractivity contribution in [3.05, 3.63) is 23.5 Å². The average Bonchev–Trinajstić information content (AvgIpc) is 2.29. The fourth-order valence-electron chi connectivity index (χ4n) is 1.71. The van der Waals surface area contributed by atoms with Crippen LogP contribution in [-0.2, 0) is 6.54 Å². The second-order valence-corrected chi connectivity index (χ2v) is 4.23. The van der Waals surface area contributed by atoms with Gasteiger partial charge in [-0.1, -0.05) is 26.7 Å². The number of pyridine rings is 1.